The van der Waals surface area contributed by atoms with Gasteiger partial charge in [0.1, 0.15) is 0 Å². The van der Waals surface area contributed by atoms with Gasteiger partial charge in [0.2, 0.25) is 0 Å². The molecule has 99 heavy (non-hydrogen) atoms. The molecule has 4 aliphatic rings. The largest absolute Gasteiger partial charge is 0.208 e. The fourth-order valence-corrected chi connectivity index (χ4v) is 17.4. The van der Waals surface area contributed by atoms with Gasteiger partial charge in [0.25, 0.3) is 0 Å². The summed E-state index contributed by atoms with van der Waals surface area (Å²) < 4.78 is 0. The average molecular weight is 1260 g/mol. The second kappa shape index (κ2) is 22.1. The van der Waals surface area contributed by atoms with E-state index in [1.807, 2.05) is 30.3 Å². The van der Waals surface area contributed by atoms with Gasteiger partial charge in [-0.05, 0) is 175 Å². The monoisotopic (exact) mass is 1260 g/mol. The van der Waals surface area contributed by atoms with Crippen LogP contribution in [0.15, 0.2) is 322 Å². The van der Waals surface area contributed by atoms with Crippen LogP contribution in [0.1, 0.15) is 80.6 Å². The second-order valence-corrected chi connectivity index (χ2v) is 27.0. The first kappa shape index (κ1) is 57.5. The standard InChI is InChI=1S/C58H38N4.C36H21N/c1-57(2)48-23-13-17-42(35-59)52(48)46-29-26-40(33-50(46)57)55-60-54(39-25-24-36-14-9-10-16-38(36)32-39)61-56(62-55)41-27-30-47-51(34-41)58(43-18-5-3-6-19-43,44-20-7-4-8-21-44)49-31-28-37-15-11-12-22-45(37)53(47)49;37-22-25-12-3-4-13-26(25)28-16-9-19-33-35(28)29-15-6-8-18-32(29)36(33)31-17-7-5-14-27(31)30-20-23-10-1-2-11-24(23)21-34(30)36/h3-34H,1-2H3;1-21H. The van der Waals surface area contributed by atoms with Crippen molar-refractivity contribution in [2.24, 2.45) is 0 Å². The Morgan fingerprint density at radius 2 is 0.697 bits per heavy atom. The fourth-order valence-electron chi connectivity index (χ4n) is 17.4. The van der Waals surface area contributed by atoms with Crippen LogP contribution in [0.5, 0.6) is 0 Å². The summed E-state index contributed by atoms with van der Waals surface area (Å²) in [6, 6.07) is 120. The van der Waals surface area contributed by atoms with Gasteiger partial charge in [0.15, 0.2) is 17.5 Å². The highest BCUT2D eigenvalue weighted by atomic mass is 15.0. The molecule has 5 nitrogen and oxygen atoms in total. The normalized spacial score (nSPS) is 14.7. The molecule has 5 heteroatoms. The molecular formula is C94H59N5. The van der Waals surface area contributed by atoms with Crippen molar-refractivity contribution in [3.8, 4) is 102 Å². The Balaban J connectivity index is 0.000000157. The third kappa shape index (κ3) is 8.35. The molecule has 0 fully saturated rings. The molecule has 15 aromatic carbocycles. The lowest BCUT2D eigenvalue weighted by atomic mass is 9.67. The van der Waals surface area contributed by atoms with Crippen molar-refractivity contribution in [1.29, 1.82) is 10.5 Å². The predicted octanol–water partition coefficient (Wildman–Crippen LogP) is 22.4. The SMILES string of the molecule is CC1(C)c2cc(-c3nc(-c4ccc5c(c4)C(c4ccccc4)(c4ccccc4)c4ccc6ccccc6c4-5)nc(-c4ccc5ccccc5c4)n3)ccc2-c2c(C#N)cccc21.N#Cc1ccccc1-c1cccc2c1-c1ccccc1C21c2ccccc2-c2cc3ccccc3cc21. The number of nitrogens with zero attached hydrogens (tertiary/aromatic N) is 5. The minimum atomic E-state index is -0.604. The zero-order valence-electron chi connectivity index (χ0n) is 54.3. The van der Waals surface area contributed by atoms with E-state index in [2.05, 4.69) is 317 Å². The van der Waals surface area contributed by atoms with Crippen LogP contribution in [0, 0.1) is 22.7 Å². The second-order valence-electron chi connectivity index (χ2n) is 27.0. The first-order valence-corrected chi connectivity index (χ1v) is 33.8. The van der Waals surface area contributed by atoms with E-state index in [-0.39, 0.29) is 5.41 Å². The highest BCUT2D eigenvalue weighted by Gasteiger charge is 2.53. The van der Waals surface area contributed by atoms with Crippen molar-refractivity contribution in [2.75, 3.05) is 0 Å². The van der Waals surface area contributed by atoms with E-state index in [0.717, 1.165) is 60.8 Å². The van der Waals surface area contributed by atoms with E-state index < -0.39 is 10.8 Å². The summed E-state index contributed by atoms with van der Waals surface area (Å²) in [6.07, 6.45) is 0. The first-order chi connectivity index (χ1) is 48.7. The molecule has 1 atom stereocenters. The molecule has 1 heterocycles. The maximum Gasteiger partial charge on any atom is 0.164 e. The van der Waals surface area contributed by atoms with Crippen LogP contribution in [0.2, 0.25) is 0 Å². The lowest BCUT2D eigenvalue weighted by Gasteiger charge is -2.34. The number of hydrogen-bond acceptors (Lipinski definition) is 5. The Hall–Kier alpha value is -12.9. The van der Waals surface area contributed by atoms with Crippen LogP contribution in [-0.4, -0.2) is 15.0 Å². The lowest BCUT2D eigenvalue weighted by Crippen LogP contribution is -2.28. The zero-order valence-corrected chi connectivity index (χ0v) is 54.3. The van der Waals surface area contributed by atoms with Crippen LogP contribution in [0.25, 0.3) is 122 Å². The molecule has 1 spiro atoms. The van der Waals surface area contributed by atoms with Gasteiger partial charge in [-0.25, -0.2) is 15.0 Å². The van der Waals surface area contributed by atoms with Gasteiger partial charge in [-0.1, -0.05) is 293 Å². The van der Waals surface area contributed by atoms with Crippen molar-refractivity contribution in [1.82, 2.24) is 15.0 Å². The summed E-state index contributed by atoms with van der Waals surface area (Å²) in [4.78, 5) is 15.9. The molecule has 0 aliphatic heterocycles. The van der Waals surface area contributed by atoms with Crippen molar-refractivity contribution in [3.05, 3.63) is 388 Å². The molecule has 0 saturated heterocycles. The Labute approximate surface area is 574 Å². The fraction of sp³-hybridized carbons (Fsp3) is 0.0532. The van der Waals surface area contributed by atoms with E-state index in [0.29, 0.717) is 28.6 Å². The molecule has 460 valence electrons. The predicted molar refractivity (Wildman–Crippen MR) is 401 cm³/mol. The lowest BCUT2D eigenvalue weighted by molar-refractivity contribution is 0.660. The van der Waals surface area contributed by atoms with Gasteiger partial charge in [-0.3, -0.25) is 0 Å². The number of aromatic nitrogens is 3. The molecule has 16 aromatic rings. The van der Waals surface area contributed by atoms with Gasteiger partial charge in [0.05, 0.1) is 34.1 Å². The van der Waals surface area contributed by atoms with E-state index >= 15 is 0 Å². The highest BCUT2D eigenvalue weighted by molar-refractivity contribution is 6.06. The number of rotatable bonds is 6. The van der Waals surface area contributed by atoms with Crippen molar-refractivity contribution in [2.45, 2.75) is 30.1 Å². The van der Waals surface area contributed by atoms with E-state index in [9.17, 15) is 10.5 Å². The molecule has 0 saturated carbocycles. The average Bonchev–Trinajstić information content (AvgIpc) is 1.52. The zero-order chi connectivity index (χ0) is 66.1. The molecule has 1 unspecified atom stereocenters. The summed E-state index contributed by atoms with van der Waals surface area (Å²) in [5.74, 6) is 1.81. The van der Waals surface area contributed by atoms with Gasteiger partial charge in [0, 0.05) is 33.2 Å². The third-order valence-electron chi connectivity index (χ3n) is 21.7. The molecule has 1 aromatic heterocycles. The van der Waals surface area contributed by atoms with Gasteiger partial charge < -0.3 is 0 Å². The summed E-state index contributed by atoms with van der Waals surface area (Å²) in [5, 5.41) is 27.3. The molecule has 0 N–H and O–H groups in total. The molecule has 0 bridgehead atoms. The molecule has 20 rings (SSSR count). The molecule has 0 amide bonds. The van der Waals surface area contributed by atoms with E-state index in [4.69, 9.17) is 15.0 Å². The van der Waals surface area contributed by atoms with Gasteiger partial charge in [-0.2, -0.15) is 10.5 Å². The summed E-state index contributed by atoms with van der Waals surface area (Å²) in [7, 11) is 0. The number of benzene rings is 15. The summed E-state index contributed by atoms with van der Waals surface area (Å²) in [6.45, 7) is 4.47. The number of nitriles is 2. The highest BCUT2D eigenvalue weighted by Crippen LogP contribution is 2.65. The van der Waals surface area contributed by atoms with Crippen molar-refractivity contribution in [3.63, 3.8) is 0 Å². The van der Waals surface area contributed by atoms with Crippen LogP contribution in [0.3, 0.4) is 0 Å². The quantitative estimate of drug-likeness (QED) is 0.166. The maximum absolute atomic E-state index is 10.1. The van der Waals surface area contributed by atoms with Crippen LogP contribution in [-0.2, 0) is 16.2 Å². The first-order valence-electron chi connectivity index (χ1n) is 33.8. The van der Waals surface area contributed by atoms with Crippen LogP contribution >= 0.6 is 0 Å². The Morgan fingerprint density at radius 1 is 0.253 bits per heavy atom. The van der Waals surface area contributed by atoms with Crippen LogP contribution < -0.4 is 0 Å². The Bertz CT molecular complexity index is 6150. The summed E-state index contributed by atoms with van der Waals surface area (Å²) >= 11 is 0. The third-order valence-corrected chi connectivity index (χ3v) is 21.7. The minimum absolute atomic E-state index is 0.318. The minimum Gasteiger partial charge on any atom is -0.208 e. The Morgan fingerprint density at radius 3 is 1.38 bits per heavy atom. The van der Waals surface area contributed by atoms with Gasteiger partial charge in [-0.15, -0.1) is 0 Å². The topological polar surface area (TPSA) is 86.2 Å². The number of fused-ring (bicyclic) bond motifs is 20. The molecular weight excluding hydrogens is 1200 g/mol. The smallest absolute Gasteiger partial charge is 0.164 e. The number of hydrogen-bond donors (Lipinski definition) is 0. The van der Waals surface area contributed by atoms with Crippen molar-refractivity contribution < 1.29 is 0 Å². The van der Waals surface area contributed by atoms with E-state index in [1.54, 1.807) is 0 Å². The van der Waals surface area contributed by atoms with Gasteiger partial charge >= 0.3 is 0 Å². The van der Waals surface area contributed by atoms with Crippen LogP contribution in [0.4, 0.5) is 0 Å². The molecule has 0 radical (unpaired) electrons. The summed E-state index contributed by atoms with van der Waals surface area (Å²) in [5.41, 5.74) is 27.0. The maximum atomic E-state index is 10.1. The van der Waals surface area contributed by atoms with Crippen molar-refractivity contribution >= 4 is 32.3 Å². The Kier molecular flexibility index (Phi) is 12.8. The van der Waals surface area contributed by atoms with E-state index in [1.165, 1.54) is 99.4 Å². The molecule has 4 aliphatic carbocycles.